The van der Waals surface area contributed by atoms with Crippen LogP contribution in [0.1, 0.15) is 40.5 Å². The summed E-state index contributed by atoms with van der Waals surface area (Å²) in [6.45, 7) is 10.8. The molecule has 0 saturated heterocycles. The maximum atomic E-state index is 11.3. The monoisotopic (exact) mass is 215 g/mol. The summed E-state index contributed by atoms with van der Waals surface area (Å²) in [5.74, 6) is -0.0837. The molecule has 0 bridgehead atoms. The van der Waals surface area contributed by atoms with Gasteiger partial charge in [-0.1, -0.05) is 27.7 Å². The van der Waals surface area contributed by atoms with Crippen LogP contribution in [0.2, 0.25) is 0 Å². The predicted molar refractivity (Wildman–Crippen MR) is 62.8 cm³/mol. The van der Waals surface area contributed by atoms with Gasteiger partial charge < -0.3 is 9.64 Å². The second kappa shape index (κ2) is 6.83. The average Bonchev–Trinajstić information content (AvgIpc) is 2.12. The predicted octanol–water partition coefficient (Wildman–Crippen LogP) is 2.31. The molecule has 0 amide bonds. The van der Waals surface area contributed by atoms with E-state index in [1.54, 1.807) is 0 Å². The molecular formula is C12H25NO2. The molecule has 0 atom stereocenters. The molecule has 0 rings (SSSR count). The van der Waals surface area contributed by atoms with Crippen molar-refractivity contribution < 1.29 is 9.53 Å². The van der Waals surface area contributed by atoms with Crippen LogP contribution in [-0.2, 0) is 9.53 Å². The minimum absolute atomic E-state index is 0.0837. The molecule has 0 N–H and O–H groups in total. The summed E-state index contributed by atoms with van der Waals surface area (Å²) in [4.78, 5) is 13.4. The van der Waals surface area contributed by atoms with Gasteiger partial charge in [-0.05, 0) is 25.4 Å². The quantitative estimate of drug-likeness (QED) is 0.637. The normalized spacial score (nSPS) is 11.9. The van der Waals surface area contributed by atoms with Crippen LogP contribution in [-0.4, -0.2) is 37.6 Å². The molecule has 0 fully saturated rings. The SMILES string of the molecule is CCN(C)CCC(=O)OCCC(C)(C)C. The first-order valence-electron chi connectivity index (χ1n) is 5.69. The molecule has 0 unspecified atom stereocenters. The van der Waals surface area contributed by atoms with Crippen molar-refractivity contribution in [1.82, 2.24) is 4.90 Å². The first-order valence-corrected chi connectivity index (χ1v) is 5.69. The van der Waals surface area contributed by atoms with Gasteiger partial charge in [0.2, 0.25) is 0 Å². The van der Waals surface area contributed by atoms with Crippen molar-refractivity contribution >= 4 is 5.97 Å². The maximum Gasteiger partial charge on any atom is 0.307 e. The molecule has 0 aliphatic heterocycles. The minimum atomic E-state index is -0.0837. The highest BCUT2D eigenvalue weighted by molar-refractivity contribution is 5.69. The zero-order chi connectivity index (χ0) is 11.9. The molecule has 0 spiro atoms. The standard InChI is InChI=1S/C12H25NO2/c1-6-13(5)9-7-11(14)15-10-8-12(2,3)4/h6-10H2,1-5H3. The van der Waals surface area contributed by atoms with Crippen LogP contribution in [0.15, 0.2) is 0 Å². The van der Waals surface area contributed by atoms with E-state index in [0.29, 0.717) is 13.0 Å². The van der Waals surface area contributed by atoms with Crippen LogP contribution in [0, 0.1) is 5.41 Å². The fourth-order valence-electron chi connectivity index (χ4n) is 0.983. The lowest BCUT2D eigenvalue weighted by Crippen LogP contribution is -2.22. The summed E-state index contributed by atoms with van der Waals surface area (Å²) in [5, 5.41) is 0. The molecule has 0 aromatic rings. The Morgan fingerprint density at radius 1 is 1.33 bits per heavy atom. The maximum absolute atomic E-state index is 11.3. The third-order valence-corrected chi connectivity index (χ3v) is 2.35. The lowest BCUT2D eigenvalue weighted by atomic mass is 9.93. The first kappa shape index (κ1) is 14.4. The van der Waals surface area contributed by atoms with E-state index in [1.165, 1.54) is 0 Å². The third-order valence-electron chi connectivity index (χ3n) is 2.35. The van der Waals surface area contributed by atoms with Gasteiger partial charge in [0.05, 0.1) is 13.0 Å². The highest BCUT2D eigenvalue weighted by atomic mass is 16.5. The number of hydrogen-bond donors (Lipinski definition) is 0. The van der Waals surface area contributed by atoms with Crippen LogP contribution in [0.5, 0.6) is 0 Å². The molecule has 3 nitrogen and oxygen atoms in total. The number of rotatable bonds is 6. The molecular weight excluding hydrogens is 190 g/mol. The Morgan fingerprint density at radius 2 is 1.93 bits per heavy atom. The van der Waals surface area contributed by atoms with Gasteiger partial charge in [-0.25, -0.2) is 0 Å². The molecule has 3 heteroatoms. The second-order valence-electron chi connectivity index (χ2n) is 5.18. The summed E-state index contributed by atoms with van der Waals surface area (Å²) in [7, 11) is 2.00. The number of hydrogen-bond acceptors (Lipinski definition) is 3. The number of esters is 1. The summed E-state index contributed by atoms with van der Waals surface area (Å²) in [6.07, 6.45) is 1.41. The third kappa shape index (κ3) is 9.73. The van der Waals surface area contributed by atoms with E-state index in [9.17, 15) is 4.79 Å². The van der Waals surface area contributed by atoms with Gasteiger partial charge in [0.1, 0.15) is 0 Å². The highest BCUT2D eigenvalue weighted by Gasteiger charge is 2.11. The van der Waals surface area contributed by atoms with Crippen LogP contribution < -0.4 is 0 Å². The van der Waals surface area contributed by atoms with Crippen LogP contribution in [0.25, 0.3) is 0 Å². The Bertz CT molecular complexity index is 185. The van der Waals surface area contributed by atoms with E-state index in [0.717, 1.165) is 19.5 Å². The van der Waals surface area contributed by atoms with E-state index >= 15 is 0 Å². The molecule has 0 saturated carbocycles. The molecule has 0 aliphatic rings. The summed E-state index contributed by atoms with van der Waals surface area (Å²) in [6, 6.07) is 0. The van der Waals surface area contributed by atoms with E-state index in [4.69, 9.17) is 4.74 Å². The Kier molecular flexibility index (Phi) is 6.57. The Balaban J connectivity index is 3.50. The first-order chi connectivity index (χ1) is 6.85. The zero-order valence-corrected chi connectivity index (χ0v) is 10.8. The largest absolute Gasteiger partial charge is 0.466 e. The highest BCUT2D eigenvalue weighted by Crippen LogP contribution is 2.17. The number of ether oxygens (including phenoxy) is 1. The molecule has 0 aromatic heterocycles. The van der Waals surface area contributed by atoms with E-state index < -0.39 is 0 Å². The van der Waals surface area contributed by atoms with Crippen molar-refractivity contribution in [2.24, 2.45) is 5.41 Å². The lowest BCUT2D eigenvalue weighted by molar-refractivity contribution is -0.144. The van der Waals surface area contributed by atoms with E-state index in [2.05, 4.69) is 32.6 Å². The van der Waals surface area contributed by atoms with Crippen molar-refractivity contribution in [3.63, 3.8) is 0 Å². The van der Waals surface area contributed by atoms with Gasteiger partial charge in [0, 0.05) is 6.54 Å². The van der Waals surface area contributed by atoms with Crippen molar-refractivity contribution in [2.45, 2.75) is 40.5 Å². The fourth-order valence-corrected chi connectivity index (χ4v) is 0.983. The second-order valence-corrected chi connectivity index (χ2v) is 5.18. The zero-order valence-electron chi connectivity index (χ0n) is 10.8. The number of nitrogens with zero attached hydrogens (tertiary/aromatic N) is 1. The fraction of sp³-hybridized carbons (Fsp3) is 0.917. The van der Waals surface area contributed by atoms with Crippen LogP contribution in [0.3, 0.4) is 0 Å². The van der Waals surface area contributed by atoms with Crippen molar-refractivity contribution in [3.05, 3.63) is 0 Å². The van der Waals surface area contributed by atoms with Gasteiger partial charge in [-0.15, -0.1) is 0 Å². The topological polar surface area (TPSA) is 29.5 Å². The lowest BCUT2D eigenvalue weighted by Gasteiger charge is -2.18. The van der Waals surface area contributed by atoms with Gasteiger partial charge in [-0.2, -0.15) is 0 Å². The van der Waals surface area contributed by atoms with E-state index in [1.807, 2.05) is 7.05 Å². The van der Waals surface area contributed by atoms with Crippen molar-refractivity contribution in [2.75, 3.05) is 26.7 Å². The minimum Gasteiger partial charge on any atom is -0.466 e. The molecule has 15 heavy (non-hydrogen) atoms. The van der Waals surface area contributed by atoms with Gasteiger partial charge in [-0.3, -0.25) is 4.79 Å². The van der Waals surface area contributed by atoms with Crippen LogP contribution in [0.4, 0.5) is 0 Å². The van der Waals surface area contributed by atoms with Crippen molar-refractivity contribution in [3.8, 4) is 0 Å². The van der Waals surface area contributed by atoms with Gasteiger partial charge in [0.15, 0.2) is 0 Å². The van der Waals surface area contributed by atoms with Gasteiger partial charge in [0.25, 0.3) is 0 Å². The smallest absolute Gasteiger partial charge is 0.307 e. The molecule has 0 radical (unpaired) electrons. The number of carbonyl (C=O) groups excluding carboxylic acids is 1. The Morgan fingerprint density at radius 3 is 2.40 bits per heavy atom. The van der Waals surface area contributed by atoms with Gasteiger partial charge >= 0.3 is 5.97 Å². The van der Waals surface area contributed by atoms with E-state index in [-0.39, 0.29) is 11.4 Å². The molecule has 0 heterocycles. The molecule has 0 aromatic carbocycles. The molecule has 90 valence electrons. The summed E-state index contributed by atoms with van der Waals surface area (Å²) >= 11 is 0. The Hall–Kier alpha value is -0.570. The average molecular weight is 215 g/mol. The summed E-state index contributed by atoms with van der Waals surface area (Å²) < 4.78 is 5.15. The van der Waals surface area contributed by atoms with Crippen LogP contribution >= 0.6 is 0 Å². The molecule has 0 aliphatic carbocycles. The number of carbonyl (C=O) groups is 1. The summed E-state index contributed by atoms with van der Waals surface area (Å²) in [5.41, 5.74) is 0.237. The van der Waals surface area contributed by atoms with Crippen molar-refractivity contribution in [1.29, 1.82) is 0 Å². The Labute approximate surface area is 93.8 Å².